The first-order chi connectivity index (χ1) is 10.3. The van der Waals surface area contributed by atoms with Gasteiger partial charge < -0.3 is 10.2 Å². The fourth-order valence-corrected chi connectivity index (χ4v) is 2.94. The third kappa shape index (κ3) is 3.42. The number of pyridine rings is 1. The molecule has 1 atom stereocenters. The Morgan fingerprint density at radius 1 is 1.14 bits per heavy atom. The van der Waals surface area contributed by atoms with Crippen LogP contribution in [-0.4, -0.2) is 18.1 Å². The topological polar surface area (TPSA) is 28.2 Å². The van der Waals surface area contributed by atoms with Crippen molar-refractivity contribution in [3.05, 3.63) is 59.9 Å². The van der Waals surface area contributed by atoms with Gasteiger partial charge in [0, 0.05) is 43.8 Å². The Balaban J connectivity index is 1.68. The van der Waals surface area contributed by atoms with Crippen LogP contribution < -0.4 is 10.2 Å². The van der Waals surface area contributed by atoms with Crippen molar-refractivity contribution in [3.63, 3.8) is 0 Å². The molecular weight excluding hydrogens is 258 g/mol. The number of nitrogens with zero attached hydrogens (tertiary/aromatic N) is 2. The fourth-order valence-electron chi connectivity index (χ4n) is 2.94. The molecule has 1 saturated heterocycles. The van der Waals surface area contributed by atoms with Gasteiger partial charge in [0.25, 0.3) is 0 Å². The summed E-state index contributed by atoms with van der Waals surface area (Å²) >= 11 is 0. The van der Waals surface area contributed by atoms with E-state index in [4.69, 9.17) is 0 Å². The Morgan fingerprint density at radius 3 is 2.71 bits per heavy atom. The van der Waals surface area contributed by atoms with Gasteiger partial charge in [-0.25, -0.2) is 0 Å². The molecule has 1 aromatic heterocycles. The number of hydrogen-bond donors (Lipinski definition) is 1. The molecule has 1 N–H and O–H groups in total. The zero-order chi connectivity index (χ0) is 14.5. The van der Waals surface area contributed by atoms with Gasteiger partial charge in [0.2, 0.25) is 0 Å². The minimum atomic E-state index is 0.310. The maximum absolute atomic E-state index is 4.19. The SMILES string of the molecule is C[C@H](NCc1ccccc1N1CCCC1)c1cccnc1. The van der Waals surface area contributed by atoms with Gasteiger partial charge in [-0.3, -0.25) is 4.98 Å². The number of para-hydroxylation sites is 1. The smallest absolute Gasteiger partial charge is 0.0411 e. The lowest BCUT2D eigenvalue weighted by atomic mass is 10.1. The Morgan fingerprint density at radius 2 is 1.95 bits per heavy atom. The van der Waals surface area contributed by atoms with Crippen molar-refractivity contribution in [1.82, 2.24) is 10.3 Å². The number of hydrogen-bond acceptors (Lipinski definition) is 3. The van der Waals surface area contributed by atoms with Crippen molar-refractivity contribution in [2.45, 2.75) is 32.4 Å². The number of benzene rings is 1. The summed E-state index contributed by atoms with van der Waals surface area (Å²) in [6, 6.07) is 13.2. The molecule has 1 aliphatic rings. The maximum atomic E-state index is 4.19. The van der Waals surface area contributed by atoms with E-state index in [1.807, 2.05) is 18.5 Å². The second-order valence-electron chi connectivity index (χ2n) is 5.71. The molecule has 110 valence electrons. The Labute approximate surface area is 127 Å². The summed E-state index contributed by atoms with van der Waals surface area (Å²) in [5.41, 5.74) is 4.01. The van der Waals surface area contributed by atoms with E-state index in [9.17, 15) is 0 Å². The molecule has 0 bridgehead atoms. The normalized spacial score (nSPS) is 16.1. The van der Waals surface area contributed by atoms with Crippen LogP contribution in [0.25, 0.3) is 0 Å². The van der Waals surface area contributed by atoms with E-state index in [-0.39, 0.29) is 0 Å². The molecule has 0 radical (unpaired) electrons. The van der Waals surface area contributed by atoms with E-state index < -0.39 is 0 Å². The molecule has 0 aliphatic carbocycles. The summed E-state index contributed by atoms with van der Waals surface area (Å²) < 4.78 is 0. The predicted octanol–water partition coefficient (Wildman–Crippen LogP) is 3.53. The van der Waals surface area contributed by atoms with Gasteiger partial charge in [-0.15, -0.1) is 0 Å². The van der Waals surface area contributed by atoms with Crippen molar-refractivity contribution < 1.29 is 0 Å². The Hall–Kier alpha value is -1.87. The van der Waals surface area contributed by atoms with Crippen molar-refractivity contribution in [3.8, 4) is 0 Å². The van der Waals surface area contributed by atoms with Crippen molar-refractivity contribution in [2.24, 2.45) is 0 Å². The first-order valence-electron chi connectivity index (χ1n) is 7.81. The molecule has 1 fully saturated rings. The van der Waals surface area contributed by atoms with Gasteiger partial charge >= 0.3 is 0 Å². The molecular formula is C18H23N3. The van der Waals surface area contributed by atoms with Crippen molar-refractivity contribution >= 4 is 5.69 Å². The predicted molar refractivity (Wildman–Crippen MR) is 87.4 cm³/mol. The van der Waals surface area contributed by atoms with E-state index in [2.05, 4.69) is 52.5 Å². The van der Waals surface area contributed by atoms with Gasteiger partial charge in [-0.05, 0) is 43.0 Å². The summed E-state index contributed by atoms with van der Waals surface area (Å²) in [6.07, 6.45) is 6.38. The molecule has 2 heterocycles. The highest BCUT2D eigenvalue weighted by Gasteiger charge is 2.15. The molecule has 0 saturated carbocycles. The highest BCUT2D eigenvalue weighted by Crippen LogP contribution is 2.25. The lowest BCUT2D eigenvalue weighted by molar-refractivity contribution is 0.572. The zero-order valence-electron chi connectivity index (χ0n) is 12.6. The summed E-state index contributed by atoms with van der Waals surface area (Å²) in [4.78, 5) is 6.70. The molecule has 0 amide bonds. The Bertz CT molecular complexity index is 562. The average molecular weight is 281 g/mol. The lowest BCUT2D eigenvalue weighted by Crippen LogP contribution is -2.23. The van der Waals surface area contributed by atoms with Gasteiger partial charge in [0.15, 0.2) is 0 Å². The Kier molecular flexibility index (Phi) is 4.51. The highest BCUT2D eigenvalue weighted by molar-refractivity contribution is 5.54. The average Bonchev–Trinajstić information content (AvgIpc) is 3.08. The lowest BCUT2D eigenvalue weighted by Gasteiger charge is -2.22. The van der Waals surface area contributed by atoms with Crippen LogP contribution in [0.5, 0.6) is 0 Å². The molecule has 3 rings (SSSR count). The van der Waals surface area contributed by atoms with Crippen LogP contribution in [0.3, 0.4) is 0 Å². The van der Waals surface area contributed by atoms with Crippen LogP contribution in [0.1, 0.15) is 36.9 Å². The second-order valence-corrected chi connectivity index (χ2v) is 5.71. The van der Waals surface area contributed by atoms with Gasteiger partial charge in [-0.1, -0.05) is 24.3 Å². The van der Waals surface area contributed by atoms with Crippen molar-refractivity contribution in [2.75, 3.05) is 18.0 Å². The van der Waals surface area contributed by atoms with E-state index in [1.54, 1.807) is 0 Å². The minimum Gasteiger partial charge on any atom is -0.371 e. The third-order valence-electron chi connectivity index (χ3n) is 4.22. The summed E-state index contributed by atoms with van der Waals surface area (Å²) in [6.45, 7) is 5.46. The summed E-state index contributed by atoms with van der Waals surface area (Å²) in [5.74, 6) is 0. The number of rotatable bonds is 5. The summed E-state index contributed by atoms with van der Waals surface area (Å²) in [7, 11) is 0. The summed E-state index contributed by atoms with van der Waals surface area (Å²) in [5, 5.41) is 3.61. The molecule has 1 aromatic carbocycles. The monoisotopic (exact) mass is 281 g/mol. The van der Waals surface area contributed by atoms with Crippen molar-refractivity contribution in [1.29, 1.82) is 0 Å². The van der Waals surface area contributed by atoms with Crippen LogP contribution in [0, 0.1) is 0 Å². The highest BCUT2D eigenvalue weighted by atomic mass is 15.1. The first-order valence-corrected chi connectivity index (χ1v) is 7.81. The molecule has 0 unspecified atom stereocenters. The molecule has 1 aliphatic heterocycles. The maximum Gasteiger partial charge on any atom is 0.0411 e. The molecule has 2 aromatic rings. The van der Waals surface area contributed by atoms with E-state index in [1.165, 1.54) is 42.7 Å². The number of nitrogens with one attached hydrogen (secondary N) is 1. The third-order valence-corrected chi connectivity index (χ3v) is 4.22. The quantitative estimate of drug-likeness (QED) is 0.908. The molecule has 0 spiro atoms. The van der Waals surface area contributed by atoms with E-state index >= 15 is 0 Å². The second kappa shape index (κ2) is 6.72. The fraction of sp³-hybridized carbons (Fsp3) is 0.389. The van der Waals surface area contributed by atoms with Crippen LogP contribution >= 0.6 is 0 Å². The standard InChI is InChI=1S/C18H23N3/c1-15(16-8-6-10-19-13-16)20-14-17-7-2-3-9-18(17)21-11-4-5-12-21/h2-3,6-10,13,15,20H,4-5,11-12,14H2,1H3/t15-/m0/s1. The largest absolute Gasteiger partial charge is 0.371 e. The van der Waals surface area contributed by atoms with Crippen LogP contribution in [0.2, 0.25) is 0 Å². The molecule has 3 heteroatoms. The van der Waals surface area contributed by atoms with Crippen LogP contribution in [0.4, 0.5) is 5.69 Å². The molecule has 21 heavy (non-hydrogen) atoms. The number of anilines is 1. The zero-order valence-corrected chi connectivity index (χ0v) is 12.6. The van der Waals surface area contributed by atoms with Gasteiger partial charge in [0.1, 0.15) is 0 Å². The van der Waals surface area contributed by atoms with Gasteiger partial charge in [0.05, 0.1) is 0 Å². The van der Waals surface area contributed by atoms with Crippen LogP contribution in [-0.2, 0) is 6.54 Å². The first kappa shape index (κ1) is 14.1. The molecule has 3 nitrogen and oxygen atoms in total. The number of aromatic nitrogens is 1. The van der Waals surface area contributed by atoms with Crippen LogP contribution in [0.15, 0.2) is 48.8 Å². The minimum absolute atomic E-state index is 0.310. The van der Waals surface area contributed by atoms with Gasteiger partial charge in [-0.2, -0.15) is 0 Å². The van der Waals surface area contributed by atoms with E-state index in [0.29, 0.717) is 6.04 Å². The van der Waals surface area contributed by atoms with E-state index in [0.717, 1.165) is 6.54 Å².